The topological polar surface area (TPSA) is 63.5 Å². The van der Waals surface area contributed by atoms with Gasteiger partial charge in [-0.3, -0.25) is 4.79 Å². The largest absolute Gasteiger partial charge is 0.493 e. The van der Waals surface area contributed by atoms with Crippen molar-refractivity contribution in [3.63, 3.8) is 0 Å². The van der Waals surface area contributed by atoms with E-state index in [0.717, 1.165) is 25.3 Å². The molecule has 0 spiro atoms. The minimum Gasteiger partial charge on any atom is -0.493 e. The normalized spacial score (nSPS) is 20.7. The number of imide groups is 1. The van der Waals surface area contributed by atoms with Crippen LogP contribution < -0.4 is 14.4 Å². The lowest BCUT2D eigenvalue weighted by atomic mass is 9.99. The molecule has 124 valence electrons. The Bertz CT molecular complexity index is 646. The van der Waals surface area contributed by atoms with Gasteiger partial charge in [-0.25, -0.2) is 9.69 Å². The first-order chi connectivity index (χ1) is 11.0. The Balaban J connectivity index is 1.75. The zero-order chi connectivity index (χ0) is 16.6. The highest BCUT2D eigenvalue weighted by molar-refractivity contribution is 6.01. The molecule has 23 heavy (non-hydrogen) atoms. The fourth-order valence-corrected chi connectivity index (χ4v) is 3.21. The SMILES string of the molecule is COc1cc2c(cc1OC)C[NH+](CN1C(=O)CN(C)C1=O)CC2. The van der Waals surface area contributed by atoms with Crippen molar-refractivity contribution < 1.29 is 24.0 Å². The summed E-state index contributed by atoms with van der Waals surface area (Å²) in [6.45, 7) is 2.23. The second kappa shape index (κ2) is 6.08. The third-order valence-corrected chi connectivity index (χ3v) is 4.51. The molecule has 2 aliphatic heterocycles. The average molecular weight is 320 g/mol. The second-order valence-corrected chi connectivity index (χ2v) is 6.02. The van der Waals surface area contributed by atoms with Crippen LogP contribution in [0.1, 0.15) is 11.1 Å². The summed E-state index contributed by atoms with van der Waals surface area (Å²) in [7, 11) is 4.90. The smallest absolute Gasteiger partial charge is 0.331 e. The molecule has 1 atom stereocenters. The molecule has 0 aliphatic carbocycles. The van der Waals surface area contributed by atoms with Crippen LogP contribution in [0.15, 0.2) is 12.1 Å². The van der Waals surface area contributed by atoms with Crippen molar-refractivity contribution >= 4 is 11.9 Å². The van der Waals surface area contributed by atoms with Crippen molar-refractivity contribution in [1.82, 2.24) is 9.80 Å². The Labute approximate surface area is 135 Å². The third kappa shape index (κ3) is 2.84. The number of likely N-dealkylation sites (N-methyl/N-ethyl adjacent to an activating group) is 1. The molecule has 2 heterocycles. The van der Waals surface area contributed by atoms with Gasteiger partial charge in [-0.2, -0.15) is 0 Å². The zero-order valence-electron chi connectivity index (χ0n) is 13.7. The number of hydrogen-bond acceptors (Lipinski definition) is 4. The van der Waals surface area contributed by atoms with Gasteiger partial charge in [-0.05, 0) is 17.7 Å². The summed E-state index contributed by atoms with van der Waals surface area (Å²) in [5, 5.41) is 0. The quantitative estimate of drug-likeness (QED) is 0.760. The van der Waals surface area contributed by atoms with Crippen molar-refractivity contribution in [2.75, 3.05) is 41.0 Å². The first-order valence-electron chi connectivity index (χ1n) is 7.66. The van der Waals surface area contributed by atoms with Crippen molar-refractivity contribution in [1.29, 1.82) is 0 Å². The van der Waals surface area contributed by atoms with E-state index in [2.05, 4.69) is 0 Å². The molecule has 3 amide bonds. The Morgan fingerprint density at radius 1 is 1.13 bits per heavy atom. The third-order valence-electron chi connectivity index (χ3n) is 4.51. The lowest BCUT2D eigenvalue weighted by Gasteiger charge is -2.29. The van der Waals surface area contributed by atoms with Crippen LogP contribution in [0.4, 0.5) is 4.79 Å². The highest BCUT2D eigenvalue weighted by Crippen LogP contribution is 2.31. The summed E-state index contributed by atoms with van der Waals surface area (Å²) in [6, 6.07) is 3.80. The minimum absolute atomic E-state index is 0.122. The summed E-state index contributed by atoms with van der Waals surface area (Å²) in [5.41, 5.74) is 2.42. The van der Waals surface area contributed by atoms with Gasteiger partial charge in [-0.15, -0.1) is 0 Å². The predicted molar refractivity (Wildman–Crippen MR) is 82.5 cm³/mol. The van der Waals surface area contributed by atoms with Crippen molar-refractivity contribution in [2.45, 2.75) is 13.0 Å². The minimum atomic E-state index is -0.208. The number of amides is 3. The number of methoxy groups -OCH3 is 2. The van der Waals surface area contributed by atoms with Gasteiger partial charge in [0.15, 0.2) is 18.2 Å². The van der Waals surface area contributed by atoms with Gasteiger partial charge in [0.05, 0.1) is 20.8 Å². The van der Waals surface area contributed by atoms with Gasteiger partial charge in [0, 0.05) is 19.0 Å². The van der Waals surface area contributed by atoms with Crippen LogP contribution in [0.25, 0.3) is 0 Å². The second-order valence-electron chi connectivity index (χ2n) is 6.02. The fourth-order valence-electron chi connectivity index (χ4n) is 3.21. The number of nitrogens with one attached hydrogen (secondary N) is 1. The molecule has 0 saturated carbocycles. The molecule has 1 saturated heterocycles. The number of ether oxygens (including phenoxy) is 2. The van der Waals surface area contributed by atoms with E-state index in [-0.39, 0.29) is 18.5 Å². The van der Waals surface area contributed by atoms with Crippen molar-refractivity contribution in [2.24, 2.45) is 0 Å². The van der Waals surface area contributed by atoms with Crippen LogP contribution in [0, 0.1) is 0 Å². The van der Waals surface area contributed by atoms with E-state index in [9.17, 15) is 9.59 Å². The van der Waals surface area contributed by atoms with Gasteiger partial charge in [0.1, 0.15) is 13.1 Å². The molecule has 0 aromatic heterocycles. The van der Waals surface area contributed by atoms with Crippen molar-refractivity contribution in [3.05, 3.63) is 23.3 Å². The number of nitrogens with zero attached hydrogens (tertiary/aromatic N) is 2. The molecule has 1 unspecified atom stereocenters. The van der Waals surface area contributed by atoms with Gasteiger partial charge < -0.3 is 19.3 Å². The number of carbonyl (C=O) groups excluding carboxylic acids is 2. The molecular formula is C16H22N3O4+. The lowest BCUT2D eigenvalue weighted by molar-refractivity contribution is -0.923. The Hall–Kier alpha value is -2.28. The maximum atomic E-state index is 12.0. The summed E-state index contributed by atoms with van der Waals surface area (Å²) >= 11 is 0. The molecule has 1 fully saturated rings. The molecule has 1 N–H and O–H groups in total. The Kier molecular flexibility index (Phi) is 4.12. The van der Waals surface area contributed by atoms with Crippen LogP contribution in [-0.2, 0) is 17.8 Å². The summed E-state index contributed by atoms with van der Waals surface area (Å²) < 4.78 is 10.7. The van der Waals surface area contributed by atoms with E-state index in [1.165, 1.54) is 25.8 Å². The van der Waals surface area contributed by atoms with Crippen LogP contribution in [0.5, 0.6) is 11.5 Å². The molecule has 7 heteroatoms. The predicted octanol–water partition coefficient (Wildman–Crippen LogP) is -0.504. The first kappa shape index (κ1) is 15.6. The van der Waals surface area contributed by atoms with Crippen LogP contribution >= 0.6 is 0 Å². The number of carbonyl (C=O) groups is 2. The van der Waals surface area contributed by atoms with Crippen molar-refractivity contribution in [3.8, 4) is 11.5 Å². The first-order valence-corrected chi connectivity index (χ1v) is 7.66. The molecule has 1 aromatic carbocycles. The highest BCUT2D eigenvalue weighted by Gasteiger charge is 2.36. The number of benzene rings is 1. The van der Waals surface area contributed by atoms with Gasteiger partial charge in [-0.1, -0.05) is 0 Å². The van der Waals surface area contributed by atoms with E-state index < -0.39 is 0 Å². The van der Waals surface area contributed by atoms with E-state index in [4.69, 9.17) is 9.47 Å². The van der Waals surface area contributed by atoms with Gasteiger partial charge in [0.2, 0.25) is 0 Å². The maximum absolute atomic E-state index is 12.0. The van der Waals surface area contributed by atoms with E-state index in [1.807, 2.05) is 12.1 Å². The van der Waals surface area contributed by atoms with E-state index in [1.54, 1.807) is 21.3 Å². The van der Waals surface area contributed by atoms with Gasteiger partial charge >= 0.3 is 6.03 Å². The number of rotatable bonds is 4. The number of hydrogen-bond donors (Lipinski definition) is 1. The molecule has 2 aliphatic rings. The average Bonchev–Trinajstić information content (AvgIpc) is 2.79. The van der Waals surface area contributed by atoms with E-state index in [0.29, 0.717) is 12.4 Å². The summed E-state index contributed by atoms with van der Waals surface area (Å²) in [4.78, 5) is 27.9. The zero-order valence-corrected chi connectivity index (χ0v) is 13.7. The summed E-state index contributed by atoms with van der Waals surface area (Å²) in [5.74, 6) is 1.32. The monoisotopic (exact) mass is 320 g/mol. The van der Waals surface area contributed by atoms with Crippen LogP contribution in [-0.4, -0.2) is 62.8 Å². The number of quaternary nitrogens is 1. The standard InChI is InChI=1S/C16H21N3O4/c1-17-9-15(20)19(16(17)21)10-18-5-4-11-6-13(22-2)14(23-3)7-12(11)8-18/h6-7H,4-5,8-10H2,1-3H3/p+1. The molecule has 0 bridgehead atoms. The lowest BCUT2D eigenvalue weighted by Crippen LogP contribution is -3.13. The maximum Gasteiger partial charge on any atom is 0.331 e. The highest BCUT2D eigenvalue weighted by atomic mass is 16.5. The van der Waals surface area contributed by atoms with E-state index >= 15 is 0 Å². The molecule has 1 aromatic rings. The molecule has 0 radical (unpaired) electrons. The number of fused-ring (bicyclic) bond motifs is 1. The molecule has 3 rings (SSSR count). The molecule has 7 nitrogen and oxygen atoms in total. The Morgan fingerprint density at radius 2 is 1.78 bits per heavy atom. The number of urea groups is 1. The fraction of sp³-hybridized carbons (Fsp3) is 0.500. The Morgan fingerprint density at radius 3 is 2.35 bits per heavy atom. The van der Waals surface area contributed by atoms with Crippen LogP contribution in [0.2, 0.25) is 0 Å². The molecular weight excluding hydrogens is 298 g/mol. The summed E-state index contributed by atoms with van der Waals surface area (Å²) in [6.07, 6.45) is 0.886. The van der Waals surface area contributed by atoms with Gasteiger partial charge in [0.25, 0.3) is 5.91 Å². The van der Waals surface area contributed by atoms with Crippen LogP contribution in [0.3, 0.4) is 0 Å².